The first-order chi connectivity index (χ1) is 15.5. The van der Waals surface area contributed by atoms with Gasteiger partial charge in [0.1, 0.15) is 10.7 Å². The molecule has 4 rings (SSSR count). The van der Waals surface area contributed by atoms with Gasteiger partial charge in [0.25, 0.3) is 0 Å². The molecule has 180 valence electrons. The summed E-state index contributed by atoms with van der Waals surface area (Å²) in [4.78, 5) is 3.56. The van der Waals surface area contributed by atoms with E-state index >= 15 is 0 Å². The molecule has 2 aromatic carbocycles. The third kappa shape index (κ3) is 4.79. The third-order valence-corrected chi connectivity index (χ3v) is 8.64. The van der Waals surface area contributed by atoms with E-state index in [1.54, 1.807) is 19.1 Å². The van der Waals surface area contributed by atoms with Gasteiger partial charge >= 0.3 is 6.18 Å². The van der Waals surface area contributed by atoms with Crippen molar-refractivity contribution in [3.63, 3.8) is 0 Å². The predicted molar refractivity (Wildman–Crippen MR) is 120 cm³/mol. The predicted octanol–water partition coefficient (Wildman–Crippen LogP) is 5.00. The third-order valence-electron chi connectivity index (χ3n) is 6.14. The molecule has 11 heteroatoms. The number of hydrogen-bond donors (Lipinski definition) is 0. The van der Waals surface area contributed by atoms with Crippen LogP contribution in [0.2, 0.25) is 5.02 Å². The average molecular weight is 506 g/mol. The fraction of sp³-hybridized carbons (Fsp3) is 0.455. The molecule has 0 unspecified atom stereocenters. The molecule has 2 heterocycles. The van der Waals surface area contributed by atoms with Crippen LogP contribution in [0.4, 0.5) is 28.9 Å². The van der Waals surface area contributed by atoms with Gasteiger partial charge in [-0.25, -0.2) is 12.8 Å². The van der Waals surface area contributed by atoms with Crippen LogP contribution in [0.15, 0.2) is 41.3 Å². The van der Waals surface area contributed by atoms with Crippen molar-refractivity contribution in [1.82, 2.24) is 4.31 Å². The summed E-state index contributed by atoms with van der Waals surface area (Å²) in [7, 11) is -3.96. The topological polar surface area (TPSA) is 43.9 Å². The van der Waals surface area contributed by atoms with Crippen molar-refractivity contribution in [3.05, 3.63) is 52.8 Å². The van der Waals surface area contributed by atoms with Crippen LogP contribution in [0.5, 0.6) is 0 Å². The lowest BCUT2D eigenvalue weighted by Crippen LogP contribution is -2.54. The Morgan fingerprint density at radius 3 is 2.27 bits per heavy atom. The van der Waals surface area contributed by atoms with E-state index in [1.807, 2.05) is 0 Å². The van der Waals surface area contributed by atoms with Gasteiger partial charge < -0.3 is 9.80 Å². The molecule has 33 heavy (non-hydrogen) atoms. The highest BCUT2D eigenvalue weighted by Gasteiger charge is 2.39. The smallest absolute Gasteiger partial charge is 0.371 e. The molecule has 0 N–H and O–H groups in total. The Kier molecular flexibility index (Phi) is 6.54. The minimum Gasteiger partial charge on any atom is -0.371 e. The number of nitrogens with zero attached hydrogens (tertiary/aromatic N) is 3. The molecule has 1 atom stereocenters. The van der Waals surface area contributed by atoms with Crippen LogP contribution in [-0.4, -0.2) is 51.5 Å². The van der Waals surface area contributed by atoms with Crippen LogP contribution in [0, 0.1) is 5.82 Å². The van der Waals surface area contributed by atoms with E-state index in [-0.39, 0.29) is 35.2 Å². The van der Waals surface area contributed by atoms with Crippen molar-refractivity contribution in [2.45, 2.75) is 36.9 Å². The molecule has 0 bridgehead atoms. The van der Waals surface area contributed by atoms with Crippen LogP contribution in [0.1, 0.15) is 25.3 Å². The summed E-state index contributed by atoms with van der Waals surface area (Å²) in [5.74, 6) is -0.979. The van der Waals surface area contributed by atoms with E-state index in [0.29, 0.717) is 6.07 Å². The number of halogens is 5. The lowest BCUT2D eigenvalue weighted by molar-refractivity contribution is -0.137. The number of benzene rings is 2. The molecule has 2 aliphatic heterocycles. The highest BCUT2D eigenvalue weighted by atomic mass is 35.5. The van der Waals surface area contributed by atoms with Crippen molar-refractivity contribution in [3.8, 4) is 0 Å². The molecule has 0 spiro atoms. The van der Waals surface area contributed by atoms with Crippen molar-refractivity contribution >= 4 is 33.0 Å². The van der Waals surface area contributed by atoms with E-state index in [4.69, 9.17) is 11.6 Å². The van der Waals surface area contributed by atoms with Gasteiger partial charge in [-0.1, -0.05) is 11.6 Å². The van der Waals surface area contributed by atoms with Gasteiger partial charge in [0, 0.05) is 50.1 Å². The first-order valence-corrected chi connectivity index (χ1v) is 12.5. The van der Waals surface area contributed by atoms with E-state index in [9.17, 15) is 26.0 Å². The molecule has 0 aromatic heterocycles. The lowest BCUT2D eigenvalue weighted by atomic mass is 10.1. The van der Waals surface area contributed by atoms with E-state index in [0.717, 1.165) is 43.8 Å². The Labute approximate surface area is 195 Å². The maximum Gasteiger partial charge on any atom is 0.418 e. The Morgan fingerprint density at radius 1 is 0.970 bits per heavy atom. The maximum absolute atomic E-state index is 13.5. The van der Waals surface area contributed by atoms with Gasteiger partial charge in [-0.05, 0) is 56.2 Å². The average Bonchev–Trinajstić information content (AvgIpc) is 3.27. The van der Waals surface area contributed by atoms with Crippen molar-refractivity contribution in [2.75, 3.05) is 42.5 Å². The van der Waals surface area contributed by atoms with Gasteiger partial charge in [0.15, 0.2) is 0 Å². The van der Waals surface area contributed by atoms with Crippen molar-refractivity contribution < 1.29 is 26.0 Å². The standard InChI is InChI=1S/C22H24ClF4N3O2S/c1-15-14-29(20-6-4-16(24)12-18(20)22(25,26)27)10-11-30(15)33(31,32)21-7-5-17(13-19(21)23)28-8-2-3-9-28/h4-7,12-13,15H,2-3,8-11,14H2,1H3/t15-/m1/s1. The van der Waals surface area contributed by atoms with Crippen molar-refractivity contribution in [1.29, 1.82) is 0 Å². The molecule has 5 nitrogen and oxygen atoms in total. The van der Waals surface area contributed by atoms with Gasteiger partial charge in [0.05, 0.1) is 10.6 Å². The van der Waals surface area contributed by atoms with E-state index < -0.39 is 33.6 Å². The molecular weight excluding hydrogens is 482 g/mol. The second kappa shape index (κ2) is 8.96. The van der Waals surface area contributed by atoms with Gasteiger partial charge in [-0.2, -0.15) is 17.5 Å². The summed E-state index contributed by atoms with van der Waals surface area (Å²) in [6.07, 6.45) is -2.58. The highest BCUT2D eigenvalue weighted by Crippen LogP contribution is 2.38. The Bertz CT molecular complexity index is 1140. The molecule has 2 aliphatic rings. The molecule has 2 aromatic rings. The number of sulfonamides is 1. The summed E-state index contributed by atoms with van der Waals surface area (Å²) >= 11 is 6.37. The second-order valence-electron chi connectivity index (χ2n) is 8.38. The Morgan fingerprint density at radius 2 is 1.67 bits per heavy atom. The fourth-order valence-corrected chi connectivity index (χ4v) is 6.65. The molecule has 0 amide bonds. The number of hydrogen-bond acceptors (Lipinski definition) is 4. The SMILES string of the molecule is C[C@@H]1CN(c2ccc(F)cc2C(F)(F)F)CCN1S(=O)(=O)c1ccc(N2CCCC2)cc1Cl. The second-order valence-corrected chi connectivity index (χ2v) is 10.6. The van der Waals surface area contributed by atoms with Crippen LogP contribution in [-0.2, 0) is 16.2 Å². The number of alkyl halides is 3. The number of anilines is 2. The molecule has 2 fully saturated rings. The van der Waals surface area contributed by atoms with Crippen LogP contribution >= 0.6 is 11.6 Å². The fourth-order valence-electron chi connectivity index (χ4n) is 4.53. The zero-order valence-corrected chi connectivity index (χ0v) is 19.5. The minimum absolute atomic E-state index is 0.0230. The summed E-state index contributed by atoms with van der Waals surface area (Å²) in [6.45, 7) is 3.45. The number of piperazine rings is 1. The lowest BCUT2D eigenvalue weighted by Gasteiger charge is -2.41. The zero-order valence-electron chi connectivity index (χ0n) is 17.9. The highest BCUT2D eigenvalue weighted by molar-refractivity contribution is 7.89. The number of rotatable bonds is 4. The van der Waals surface area contributed by atoms with Gasteiger partial charge in [-0.15, -0.1) is 0 Å². The van der Waals surface area contributed by atoms with Crippen LogP contribution in [0.3, 0.4) is 0 Å². The first kappa shape index (κ1) is 24.1. The summed E-state index contributed by atoms with van der Waals surface area (Å²) < 4.78 is 81.7. The maximum atomic E-state index is 13.5. The first-order valence-electron chi connectivity index (χ1n) is 10.7. The van der Waals surface area contributed by atoms with Crippen LogP contribution in [0.25, 0.3) is 0 Å². The largest absolute Gasteiger partial charge is 0.418 e. The van der Waals surface area contributed by atoms with Gasteiger partial charge in [0.2, 0.25) is 10.0 Å². The Hall–Kier alpha value is -2.04. The molecule has 0 aliphatic carbocycles. The van der Waals surface area contributed by atoms with Crippen LogP contribution < -0.4 is 9.80 Å². The molecular formula is C22H24ClF4N3O2S. The Balaban J connectivity index is 1.56. The summed E-state index contributed by atoms with van der Waals surface area (Å²) in [5, 5.41) is 0.118. The molecule has 2 saturated heterocycles. The van der Waals surface area contributed by atoms with Gasteiger partial charge in [-0.3, -0.25) is 0 Å². The van der Waals surface area contributed by atoms with E-state index in [2.05, 4.69) is 4.90 Å². The molecule has 0 saturated carbocycles. The summed E-state index contributed by atoms with van der Waals surface area (Å²) in [5.41, 5.74) is -0.377. The monoisotopic (exact) mass is 505 g/mol. The zero-order chi connectivity index (χ0) is 24.0. The normalized spacial score (nSPS) is 20.5. The van der Waals surface area contributed by atoms with Crippen molar-refractivity contribution in [2.24, 2.45) is 0 Å². The minimum atomic E-state index is -4.73. The quantitative estimate of drug-likeness (QED) is 0.549. The molecule has 0 radical (unpaired) electrons. The van der Waals surface area contributed by atoms with E-state index in [1.165, 1.54) is 15.3 Å². The summed E-state index contributed by atoms with van der Waals surface area (Å²) in [6, 6.07) is 6.78.